The minimum absolute atomic E-state index is 0.0551. The maximum absolute atomic E-state index is 11.0. The molecule has 4 heteroatoms. The zero-order valence-electron chi connectivity index (χ0n) is 30.3. The average molecular weight is 615 g/mol. The van der Waals surface area contributed by atoms with Crippen LogP contribution in [0.1, 0.15) is 153 Å². The normalized spacial score (nSPS) is 37.2. The molecular weight excluding hydrogens is 544 g/mol. The van der Waals surface area contributed by atoms with E-state index in [0.29, 0.717) is 12.3 Å². The molecule has 3 aliphatic rings. The van der Waals surface area contributed by atoms with Crippen LogP contribution in [0.5, 0.6) is 0 Å². The molecule has 254 valence electrons. The quantitative estimate of drug-likeness (QED) is 0.0700. The molecule has 0 radical (unpaired) electrons. The van der Waals surface area contributed by atoms with Gasteiger partial charge >= 0.3 is 0 Å². The fourth-order valence-electron chi connectivity index (χ4n) is 9.17. The van der Waals surface area contributed by atoms with Crippen molar-refractivity contribution >= 4 is 0 Å². The number of fused-ring (bicyclic) bond motifs is 1. The van der Waals surface area contributed by atoms with Gasteiger partial charge in [-0.05, 0) is 82.1 Å². The lowest BCUT2D eigenvalue weighted by Gasteiger charge is -2.48. The number of hydrogen-bond acceptors (Lipinski definition) is 4. The highest BCUT2D eigenvalue weighted by atomic mass is 16.6. The molecule has 0 aromatic heterocycles. The van der Waals surface area contributed by atoms with Crippen LogP contribution in [-0.4, -0.2) is 44.3 Å². The minimum atomic E-state index is -0.844. The highest BCUT2D eigenvalue weighted by Gasteiger charge is 2.74. The molecule has 1 heterocycles. The second-order valence-corrected chi connectivity index (χ2v) is 17.5. The third-order valence-electron chi connectivity index (χ3n) is 11.8. The minimum Gasteiger partial charge on any atom is -0.393 e. The molecular formula is C40H70O4. The Morgan fingerprint density at radius 3 is 2.00 bits per heavy atom. The Hall–Kier alpha value is -0.940. The van der Waals surface area contributed by atoms with Gasteiger partial charge in [-0.25, -0.2) is 0 Å². The molecule has 0 bridgehead atoms. The van der Waals surface area contributed by atoms with Gasteiger partial charge in [-0.15, -0.1) is 0 Å². The van der Waals surface area contributed by atoms with E-state index >= 15 is 0 Å². The number of unbranched alkanes of at least 4 members (excludes halogenated alkanes) is 1. The largest absolute Gasteiger partial charge is 0.393 e. The summed E-state index contributed by atoms with van der Waals surface area (Å²) in [5.41, 5.74) is -0.146. The van der Waals surface area contributed by atoms with E-state index in [1.165, 1.54) is 56.9 Å². The van der Waals surface area contributed by atoms with Crippen LogP contribution in [0.25, 0.3) is 0 Å². The summed E-state index contributed by atoms with van der Waals surface area (Å²) in [6, 6.07) is 0. The second-order valence-electron chi connectivity index (χ2n) is 17.5. The zero-order valence-corrected chi connectivity index (χ0v) is 30.3. The Morgan fingerprint density at radius 2 is 1.39 bits per heavy atom. The summed E-state index contributed by atoms with van der Waals surface area (Å²) in [7, 11) is 0. The number of rotatable bonds is 16. The van der Waals surface area contributed by atoms with Gasteiger partial charge in [0.2, 0.25) is 0 Å². The van der Waals surface area contributed by atoms with Crippen LogP contribution in [0.15, 0.2) is 36.0 Å². The highest BCUT2D eigenvalue weighted by molar-refractivity contribution is 5.35. The third kappa shape index (κ3) is 9.55. The van der Waals surface area contributed by atoms with Gasteiger partial charge in [0.1, 0.15) is 11.2 Å². The van der Waals surface area contributed by atoms with Gasteiger partial charge in [0.25, 0.3) is 0 Å². The number of ether oxygens (including phenoxy) is 1. The molecule has 44 heavy (non-hydrogen) atoms. The first-order chi connectivity index (χ1) is 20.3. The predicted molar refractivity (Wildman–Crippen MR) is 185 cm³/mol. The van der Waals surface area contributed by atoms with Crippen LogP contribution in [0.4, 0.5) is 0 Å². The molecule has 4 nitrogen and oxygen atoms in total. The molecule has 3 fully saturated rings. The van der Waals surface area contributed by atoms with Crippen molar-refractivity contribution in [2.24, 2.45) is 34.5 Å². The smallest absolute Gasteiger partial charge is 0.121 e. The molecule has 1 saturated heterocycles. The van der Waals surface area contributed by atoms with E-state index in [2.05, 4.69) is 92.7 Å². The second kappa shape index (κ2) is 14.9. The number of aliphatic hydroxyl groups is 3. The Kier molecular flexibility index (Phi) is 12.7. The summed E-state index contributed by atoms with van der Waals surface area (Å²) >= 11 is 0. The molecule has 2 saturated carbocycles. The average Bonchev–Trinajstić information content (AvgIpc) is 3.49. The van der Waals surface area contributed by atoms with Gasteiger partial charge in [0.05, 0.1) is 17.8 Å². The van der Waals surface area contributed by atoms with Crippen molar-refractivity contribution in [3.63, 3.8) is 0 Å². The van der Waals surface area contributed by atoms with Crippen molar-refractivity contribution in [3.8, 4) is 0 Å². The lowest BCUT2D eigenvalue weighted by atomic mass is 9.61. The number of aliphatic hydroxyl groups excluding tert-OH is 2. The first-order valence-corrected chi connectivity index (χ1v) is 18.2. The molecule has 9 atom stereocenters. The SMILES string of the molecule is CC(=C/CCC(C)CCCCC(C)CCCC(C)C=CC1C(C)(C)C[C@H](O)C[C@@]1(C)O)/C=C/[C@@]12O[C@]1(C)C[C@@H](O)CC2(C)C. The summed E-state index contributed by atoms with van der Waals surface area (Å²) in [4.78, 5) is 0. The fraction of sp³-hybridized carbons (Fsp3) is 0.850. The van der Waals surface area contributed by atoms with Gasteiger partial charge in [-0.3, -0.25) is 0 Å². The molecule has 3 rings (SSSR count). The summed E-state index contributed by atoms with van der Waals surface area (Å²) < 4.78 is 6.29. The van der Waals surface area contributed by atoms with Crippen molar-refractivity contribution in [2.45, 2.75) is 182 Å². The Labute approximate surface area is 271 Å². The molecule has 0 amide bonds. The molecule has 2 aliphatic carbocycles. The van der Waals surface area contributed by atoms with Crippen molar-refractivity contribution in [1.82, 2.24) is 0 Å². The van der Waals surface area contributed by atoms with E-state index in [9.17, 15) is 15.3 Å². The third-order valence-corrected chi connectivity index (χ3v) is 11.8. The molecule has 3 N–H and O–H groups in total. The summed E-state index contributed by atoms with van der Waals surface area (Å²) in [5, 5.41) is 31.4. The number of allylic oxidation sites excluding steroid dienone is 4. The van der Waals surface area contributed by atoms with Crippen molar-refractivity contribution in [2.75, 3.05) is 0 Å². The maximum Gasteiger partial charge on any atom is 0.121 e. The Morgan fingerprint density at radius 1 is 0.795 bits per heavy atom. The molecule has 0 aromatic carbocycles. The fourth-order valence-corrected chi connectivity index (χ4v) is 9.17. The first kappa shape index (κ1) is 37.5. The molecule has 4 unspecified atom stereocenters. The Balaban J connectivity index is 1.27. The van der Waals surface area contributed by atoms with Crippen molar-refractivity contribution in [1.29, 1.82) is 0 Å². The van der Waals surface area contributed by atoms with Crippen LogP contribution in [-0.2, 0) is 4.74 Å². The van der Waals surface area contributed by atoms with Gasteiger partial charge in [-0.2, -0.15) is 0 Å². The van der Waals surface area contributed by atoms with Crippen molar-refractivity contribution < 1.29 is 20.1 Å². The van der Waals surface area contributed by atoms with Crippen molar-refractivity contribution in [3.05, 3.63) is 36.0 Å². The van der Waals surface area contributed by atoms with E-state index in [1.807, 2.05) is 6.92 Å². The Bertz CT molecular complexity index is 987. The van der Waals surface area contributed by atoms with Crippen LogP contribution in [0.3, 0.4) is 0 Å². The van der Waals surface area contributed by atoms with E-state index in [4.69, 9.17) is 4.74 Å². The monoisotopic (exact) mass is 615 g/mol. The van der Waals surface area contributed by atoms with E-state index in [0.717, 1.165) is 37.5 Å². The summed E-state index contributed by atoms with van der Waals surface area (Å²) in [5.74, 6) is 2.15. The molecule has 0 aromatic rings. The van der Waals surface area contributed by atoms with Gasteiger partial charge in [0.15, 0.2) is 0 Å². The van der Waals surface area contributed by atoms with Crippen LogP contribution < -0.4 is 0 Å². The number of epoxide rings is 1. The lowest BCUT2D eigenvalue weighted by Crippen LogP contribution is -2.50. The standard InChI is InChI=1S/C40H70O4/c1-29(17-13-19-31(3)21-22-35-36(5,6)25-33(41)27-38(35,9)43)15-11-12-16-30(2)18-14-20-32(4)23-24-40-37(7,8)26-34(42)28-39(40,10)44-40/h20-24,29-31,33-35,41-43H,11-19,25-28H2,1-10H3/b22-21?,24-23+,32-20-/t29?,30?,31?,33-,34-,35?,38+,39+,40-/m0/s1. The van der Waals surface area contributed by atoms with E-state index in [1.54, 1.807) is 0 Å². The summed E-state index contributed by atoms with van der Waals surface area (Å²) in [6.07, 6.45) is 25.0. The van der Waals surface area contributed by atoms with Crippen LogP contribution in [0.2, 0.25) is 0 Å². The molecule has 1 aliphatic heterocycles. The first-order valence-electron chi connectivity index (χ1n) is 18.2. The van der Waals surface area contributed by atoms with Crippen LogP contribution in [0, 0.1) is 34.5 Å². The summed E-state index contributed by atoms with van der Waals surface area (Å²) in [6.45, 7) is 22.2. The maximum atomic E-state index is 11.0. The van der Waals surface area contributed by atoms with Gasteiger partial charge < -0.3 is 20.1 Å². The zero-order chi connectivity index (χ0) is 33.0. The topological polar surface area (TPSA) is 73.2 Å². The van der Waals surface area contributed by atoms with E-state index in [-0.39, 0.29) is 34.1 Å². The lowest BCUT2D eigenvalue weighted by molar-refractivity contribution is -0.111. The van der Waals surface area contributed by atoms with E-state index < -0.39 is 11.7 Å². The van der Waals surface area contributed by atoms with Crippen LogP contribution >= 0.6 is 0 Å². The van der Waals surface area contributed by atoms with Gasteiger partial charge in [-0.1, -0.05) is 117 Å². The van der Waals surface area contributed by atoms with Gasteiger partial charge in [0, 0.05) is 24.2 Å². The molecule has 0 spiro atoms. The number of hydrogen-bond donors (Lipinski definition) is 3. The highest BCUT2D eigenvalue weighted by Crippen LogP contribution is 2.66. The predicted octanol–water partition coefficient (Wildman–Crippen LogP) is 9.72.